The molecule has 1 amide bonds. The minimum atomic E-state index is -0.342. The predicted molar refractivity (Wildman–Crippen MR) is 122 cm³/mol. The molecule has 0 atom stereocenters. The van der Waals surface area contributed by atoms with Gasteiger partial charge in [0.05, 0.1) is 30.0 Å². The third-order valence-corrected chi connectivity index (χ3v) is 5.50. The summed E-state index contributed by atoms with van der Waals surface area (Å²) in [6.07, 6.45) is 4.16. The first-order valence-corrected chi connectivity index (χ1v) is 10.8. The van der Waals surface area contributed by atoms with E-state index in [1.165, 1.54) is 23.9 Å². The fraction of sp³-hybridized carbons (Fsp3) is 0.217. The van der Waals surface area contributed by atoms with E-state index in [0.29, 0.717) is 34.8 Å². The van der Waals surface area contributed by atoms with E-state index in [9.17, 15) is 9.18 Å². The molecule has 0 radical (unpaired) electrons. The number of carbonyl (C=O) groups excluding carboxylic acids is 3. The molecular formula is C23H20BrFN4O4. The molecular weight excluding hydrogens is 495 g/mol. The van der Waals surface area contributed by atoms with Gasteiger partial charge in [-0.1, -0.05) is 19.1 Å². The number of anilines is 2. The smallest absolute Gasteiger partial charge is 0.373 e. The average molecular weight is 515 g/mol. The van der Waals surface area contributed by atoms with Crippen LogP contribution in [0.2, 0.25) is 0 Å². The minimum absolute atomic E-state index is 0.0704. The van der Waals surface area contributed by atoms with Crippen LogP contribution in [0.5, 0.6) is 5.75 Å². The van der Waals surface area contributed by atoms with E-state index >= 15 is 0 Å². The van der Waals surface area contributed by atoms with Crippen molar-refractivity contribution >= 4 is 39.5 Å². The molecule has 0 saturated carbocycles. The molecule has 33 heavy (non-hydrogen) atoms. The lowest BCUT2D eigenvalue weighted by Gasteiger charge is -2.39. The Bertz CT molecular complexity index is 1130. The van der Waals surface area contributed by atoms with Crippen LogP contribution in [0.4, 0.5) is 15.9 Å². The molecule has 0 aliphatic carbocycles. The zero-order valence-electron chi connectivity index (χ0n) is 17.6. The minimum Gasteiger partial charge on any atom is -0.485 e. The van der Waals surface area contributed by atoms with Crippen LogP contribution in [0.25, 0.3) is 0 Å². The monoisotopic (exact) mass is 514 g/mol. The normalized spacial score (nSPS) is 12.6. The first-order chi connectivity index (χ1) is 15.9. The van der Waals surface area contributed by atoms with E-state index in [4.69, 9.17) is 14.3 Å². The first kappa shape index (κ1) is 24.0. The van der Waals surface area contributed by atoms with Gasteiger partial charge in [0, 0.05) is 11.8 Å². The number of nitrogens with zero attached hydrogens (tertiary/aromatic N) is 3. The number of aryl methyl sites for hydroxylation is 1. The van der Waals surface area contributed by atoms with Crippen molar-refractivity contribution in [3.05, 3.63) is 76.4 Å². The van der Waals surface area contributed by atoms with Crippen LogP contribution in [0.15, 0.2) is 59.3 Å². The fourth-order valence-electron chi connectivity index (χ4n) is 3.07. The summed E-state index contributed by atoms with van der Waals surface area (Å²) in [6.45, 7) is 3.29. The Morgan fingerprint density at radius 3 is 2.48 bits per heavy atom. The van der Waals surface area contributed by atoms with Crippen molar-refractivity contribution in [1.29, 1.82) is 0 Å². The van der Waals surface area contributed by atoms with E-state index in [1.807, 2.05) is 29.2 Å². The lowest BCUT2D eigenvalue weighted by atomic mass is 10.1. The molecule has 1 N–H and O–H groups in total. The summed E-state index contributed by atoms with van der Waals surface area (Å²) < 4.78 is 19.9. The van der Waals surface area contributed by atoms with Crippen LogP contribution < -0.4 is 15.0 Å². The molecule has 3 aromatic rings. The number of hydrogen-bond donors (Lipinski definition) is 1. The molecule has 170 valence electrons. The van der Waals surface area contributed by atoms with Gasteiger partial charge in [0.2, 0.25) is 0 Å². The third kappa shape index (κ3) is 6.44. The number of hydrogen-bond acceptors (Lipinski definition) is 7. The van der Waals surface area contributed by atoms with Gasteiger partial charge in [0.15, 0.2) is 0 Å². The van der Waals surface area contributed by atoms with Crippen LogP contribution in [0.3, 0.4) is 0 Å². The second-order valence-electron chi connectivity index (χ2n) is 7.07. The number of ether oxygens (including phenoxy) is 1. The highest BCUT2D eigenvalue weighted by molar-refractivity contribution is 9.10. The molecule has 1 aliphatic rings. The van der Waals surface area contributed by atoms with Crippen molar-refractivity contribution in [3.8, 4) is 5.75 Å². The van der Waals surface area contributed by atoms with E-state index in [0.717, 1.165) is 6.42 Å². The molecule has 1 saturated heterocycles. The number of nitrogens with one attached hydrogen (secondary N) is 1. The van der Waals surface area contributed by atoms with Crippen molar-refractivity contribution < 1.29 is 23.5 Å². The summed E-state index contributed by atoms with van der Waals surface area (Å²) in [7, 11) is 0. The lowest BCUT2D eigenvalue weighted by Crippen LogP contribution is -2.54. The zero-order valence-corrected chi connectivity index (χ0v) is 19.2. The van der Waals surface area contributed by atoms with Crippen molar-refractivity contribution in [1.82, 2.24) is 9.97 Å². The Kier molecular flexibility index (Phi) is 8.23. The molecule has 0 bridgehead atoms. The molecule has 1 aromatic heterocycles. The highest BCUT2D eigenvalue weighted by Gasteiger charge is 2.30. The Morgan fingerprint density at radius 1 is 1.18 bits per heavy atom. The van der Waals surface area contributed by atoms with Crippen LogP contribution in [-0.4, -0.2) is 41.2 Å². The number of amides is 1. The summed E-state index contributed by atoms with van der Waals surface area (Å²) in [5.74, 6) is 0.492. The highest BCUT2D eigenvalue weighted by atomic mass is 79.9. The Balaban J connectivity index is 0.000000968. The fourth-order valence-corrected chi connectivity index (χ4v) is 3.41. The second kappa shape index (κ2) is 11.3. The van der Waals surface area contributed by atoms with Crippen molar-refractivity contribution in [2.75, 3.05) is 23.3 Å². The SMILES string of the molecule is CCc1ccc(NC(=O)c2cnc(N3CC(Oc4cc(F)ccc4Br)C3)cn2)cc1.O=C=O. The Hall–Kier alpha value is -3.62. The summed E-state index contributed by atoms with van der Waals surface area (Å²) in [4.78, 5) is 39.2. The number of carbonyl (C=O) groups is 1. The third-order valence-electron chi connectivity index (χ3n) is 4.85. The number of aromatic nitrogens is 2. The first-order valence-electron chi connectivity index (χ1n) is 10.0. The Labute approximate surface area is 197 Å². The predicted octanol–water partition coefficient (Wildman–Crippen LogP) is 3.88. The van der Waals surface area contributed by atoms with Gasteiger partial charge in [-0.15, -0.1) is 0 Å². The van der Waals surface area contributed by atoms with Gasteiger partial charge in [-0.2, -0.15) is 9.59 Å². The molecule has 8 nitrogen and oxygen atoms in total. The summed E-state index contributed by atoms with van der Waals surface area (Å²) in [5.41, 5.74) is 2.17. The van der Waals surface area contributed by atoms with Gasteiger partial charge in [-0.25, -0.2) is 14.4 Å². The summed E-state index contributed by atoms with van der Waals surface area (Å²) in [5, 5.41) is 2.82. The van der Waals surface area contributed by atoms with E-state index in [2.05, 4.69) is 38.1 Å². The average Bonchev–Trinajstić information content (AvgIpc) is 2.79. The molecule has 2 aromatic carbocycles. The van der Waals surface area contributed by atoms with E-state index < -0.39 is 0 Å². The van der Waals surface area contributed by atoms with Crippen LogP contribution in [0, 0.1) is 5.82 Å². The highest BCUT2D eigenvalue weighted by Crippen LogP contribution is 2.29. The van der Waals surface area contributed by atoms with E-state index in [-0.39, 0.29) is 29.7 Å². The number of rotatable bonds is 6. The summed E-state index contributed by atoms with van der Waals surface area (Å²) >= 11 is 3.36. The van der Waals surface area contributed by atoms with E-state index in [1.54, 1.807) is 12.3 Å². The van der Waals surface area contributed by atoms with Crippen molar-refractivity contribution in [3.63, 3.8) is 0 Å². The largest absolute Gasteiger partial charge is 0.485 e. The maximum Gasteiger partial charge on any atom is 0.373 e. The van der Waals surface area contributed by atoms with Gasteiger partial charge >= 0.3 is 6.15 Å². The van der Waals surface area contributed by atoms with Gasteiger partial charge in [0.1, 0.15) is 29.2 Å². The maximum atomic E-state index is 13.4. The lowest BCUT2D eigenvalue weighted by molar-refractivity contribution is -0.191. The summed E-state index contributed by atoms with van der Waals surface area (Å²) in [6, 6.07) is 12.1. The van der Waals surface area contributed by atoms with Gasteiger partial charge in [-0.05, 0) is 52.2 Å². The topological polar surface area (TPSA) is 101 Å². The molecule has 10 heteroatoms. The van der Waals surface area contributed by atoms with Crippen LogP contribution in [-0.2, 0) is 16.0 Å². The molecule has 2 heterocycles. The van der Waals surface area contributed by atoms with Crippen molar-refractivity contribution in [2.45, 2.75) is 19.4 Å². The number of halogens is 2. The molecule has 1 aliphatic heterocycles. The quantitative estimate of drug-likeness (QED) is 0.532. The second-order valence-corrected chi connectivity index (χ2v) is 7.92. The molecule has 4 rings (SSSR count). The van der Waals surface area contributed by atoms with Crippen molar-refractivity contribution in [2.24, 2.45) is 0 Å². The Morgan fingerprint density at radius 2 is 1.88 bits per heavy atom. The molecule has 0 spiro atoms. The van der Waals surface area contributed by atoms with Gasteiger partial charge in [-0.3, -0.25) is 4.79 Å². The van der Waals surface area contributed by atoms with Gasteiger partial charge < -0.3 is 15.0 Å². The van der Waals surface area contributed by atoms with Gasteiger partial charge in [0.25, 0.3) is 5.91 Å². The zero-order chi connectivity index (χ0) is 23.8. The molecule has 1 fully saturated rings. The van der Waals surface area contributed by atoms with Crippen LogP contribution >= 0.6 is 15.9 Å². The van der Waals surface area contributed by atoms with Crippen LogP contribution in [0.1, 0.15) is 23.0 Å². The maximum absolute atomic E-state index is 13.4. The number of benzene rings is 2. The standard InChI is InChI=1S/C22H20BrFN4O2.CO2/c1-2-14-3-6-16(7-4-14)27-22(29)19-10-26-21(11-25-19)28-12-17(13-28)30-20-9-15(24)5-8-18(20)23;2-1-3/h3-11,17H,2,12-13H2,1H3,(H,27,29);. The molecule has 0 unspecified atom stereocenters.